The zero-order chi connectivity index (χ0) is 9.14. The van der Waals surface area contributed by atoms with E-state index in [0.29, 0.717) is 5.92 Å². The van der Waals surface area contributed by atoms with E-state index in [2.05, 4.69) is 18.9 Å². The number of hydrogen-bond acceptors (Lipinski definition) is 1. The molecule has 0 bridgehead atoms. The maximum atomic E-state index is 11.0. The van der Waals surface area contributed by atoms with Crippen LogP contribution in [0.1, 0.15) is 26.5 Å². The highest BCUT2D eigenvalue weighted by molar-refractivity contribution is 5.01. The Kier molecular flexibility index (Phi) is 2.74. The fourth-order valence-electron chi connectivity index (χ4n) is 1.34. The van der Waals surface area contributed by atoms with Crippen LogP contribution in [0, 0.1) is 5.92 Å². The number of rotatable bonds is 3. The summed E-state index contributed by atoms with van der Waals surface area (Å²) < 4.78 is 1.91. The van der Waals surface area contributed by atoms with Gasteiger partial charge in [0.2, 0.25) is 0 Å². The molecule has 3 nitrogen and oxygen atoms in total. The molecule has 0 aliphatic carbocycles. The molecule has 68 valence electrons. The quantitative estimate of drug-likeness (QED) is 0.727. The maximum Gasteiger partial charge on any atom is 0.264 e. The predicted octanol–water partition coefficient (Wildman–Crippen LogP) is 1.39. The average molecular weight is 168 g/mol. The monoisotopic (exact) mass is 168 g/mol. The Morgan fingerprint density at radius 2 is 2.25 bits per heavy atom. The normalized spacial score (nSPS) is 11.0. The van der Waals surface area contributed by atoms with Crippen molar-refractivity contribution in [3.63, 3.8) is 0 Å². The van der Waals surface area contributed by atoms with Gasteiger partial charge in [0, 0.05) is 18.3 Å². The molecule has 1 aromatic rings. The molecule has 0 saturated carbocycles. The van der Waals surface area contributed by atoms with Gasteiger partial charge in [0.1, 0.15) is 0 Å². The van der Waals surface area contributed by atoms with Crippen molar-refractivity contribution in [1.82, 2.24) is 9.78 Å². The Hall–Kier alpha value is -0.990. The number of hydrogen-bond donors (Lipinski definition) is 1. The topological polar surface area (TPSA) is 37.8 Å². The molecule has 0 aliphatic heterocycles. The van der Waals surface area contributed by atoms with E-state index in [1.54, 1.807) is 6.07 Å². The molecule has 1 aromatic heterocycles. The zero-order valence-corrected chi connectivity index (χ0v) is 7.92. The van der Waals surface area contributed by atoms with E-state index in [1.807, 2.05) is 11.6 Å². The van der Waals surface area contributed by atoms with Gasteiger partial charge in [0.05, 0.1) is 0 Å². The summed E-state index contributed by atoms with van der Waals surface area (Å²) in [5.41, 5.74) is 1.12. The molecule has 0 spiro atoms. The molecule has 0 fully saturated rings. The average Bonchev–Trinajstić information content (AvgIpc) is 2.29. The Labute approximate surface area is 72.4 Å². The molecule has 12 heavy (non-hydrogen) atoms. The lowest BCUT2D eigenvalue weighted by Crippen LogP contribution is -2.07. The lowest BCUT2D eigenvalue weighted by molar-refractivity contribution is 0.561. The third-order valence-corrected chi connectivity index (χ3v) is 1.82. The van der Waals surface area contributed by atoms with Crippen LogP contribution in [0.15, 0.2) is 10.9 Å². The third kappa shape index (κ3) is 2.00. The first kappa shape index (κ1) is 9.10. The molecule has 0 unspecified atom stereocenters. The Bertz CT molecular complexity index is 296. The van der Waals surface area contributed by atoms with E-state index in [-0.39, 0.29) is 5.56 Å². The molecule has 0 radical (unpaired) electrons. The van der Waals surface area contributed by atoms with E-state index in [1.165, 1.54) is 0 Å². The van der Waals surface area contributed by atoms with Gasteiger partial charge in [0.15, 0.2) is 0 Å². The molecule has 3 heteroatoms. The minimum Gasteiger partial charge on any atom is -0.289 e. The molecule has 0 amide bonds. The summed E-state index contributed by atoms with van der Waals surface area (Å²) in [6, 6.07) is 1.68. The van der Waals surface area contributed by atoms with Crippen molar-refractivity contribution < 1.29 is 0 Å². The largest absolute Gasteiger partial charge is 0.289 e. The van der Waals surface area contributed by atoms with E-state index < -0.39 is 0 Å². The van der Waals surface area contributed by atoms with Crippen LogP contribution in [0.3, 0.4) is 0 Å². The third-order valence-electron chi connectivity index (χ3n) is 1.82. The molecule has 0 aromatic carbocycles. The van der Waals surface area contributed by atoms with Crippen molar-refractivity contribution in [3.8, 4) is 0 Å². The van der Waals surface area contributed by atoms with E-state index in [9.17, 15) is 4.79 Å². The standard InChI is InChI=1S/C9H16N2O/c1-4-11-8(5-7(2)3)6-9(12)10-11/h6-7H,4-5H2,1-3H3,(H,10,12). The first-order chi connectivity index (χ1) is 5.63. The van der Waals surface area contributed by atoms with Crippen molar-refractivity contribution in [2.24, 2.45) is 5.92 Å². The number of aryl methyl sites for hydroxylation is 1. The highest BCUT2D eigenvalue weighted by atomic mass is 16.1. The van der Waals surface area contributed by atoms with Gasteiger partial charge in [-0.25, -0.2) is 0 Å². The molecule has 0 aliphatic rings. The first-order valence-electron chi connectivity index (χ1n) is 4.42. The smallest absolute Gasteiger partial charge is 0.264 e. The summed E-state index contributed by atoms with van der Waals surface area (Å²) in [5.74, 6) is 0.595. The van der Waals surface area contributed by atoms with Gasteiger partial charge in [-0.3, -0.25) is 14.6 Å². The van der Waals surface area contributed by atoms with Gasteiger partial charge in [0.25, 0.3) is 5.56 Å². The number of aromatic nitrogens is 2. The van der Waals surface area contributed by atoms with Gasteiger partial charge < -0.3 is 0 Å². The van der Waals surface area contributed by atoms with Gasteiger partial charge in [-0.2, -0.15) is 0 Å². The number of nitrogens with zero attached hydrogens (tertiary/aromatic N) is 1. The summed E-state index contributed by atoms with van der Waals surface area (Å²) in [6.07, 6.45) is 0.965. The summed E-state index contributed by atoms with van der Waals surface area (Å²) in [7, 11) is 0. The highest BCUT2D eigenvalue weighted by Gasteiger charge is 2.04. The maximum absolute atomic E-state index is 11.0. The van der Waals surface area contributed by atoms with Crippen molar-refractivity contribution in [1.29, 1.82) is 0 Å². The number of H-pyrrole nitrogens is 1. The number of nitrogens with one attached hydrogen (secondary N) is 1. The lowest BCUT2D eigenvalue weighted by Gasteiger charge is -2.06. The van der Waals surface area contributed by atoms with E-state index in [4.69, 9.17) is 0 Å². The highest BCUT2D eigenvalue weighted by Crippen LogP contribution is 2.04. The van der Waals surface area contributed by atoms with Gasteiger partial charge in [-0.05, 0) is 19.3 Å². The Morgan fingerprint density at radius 3 is 2.75 bits per heavy atom. The second kappa shape index (κ2) is 3.61. The second-order valence-corrected chi connectivity index (χ2v) is 3.45. The molecule has 1 N–H and O–H groups in total. The minimum atomic E-state index is 0.00694. The van der Waals surface area contributed by atoms with Crippen LogP contribution in [-0.2, 0) is 13.0 Å². The van der Waals surface area contributed by atoms with Gasteiger partial charge in [-0.1, -0.05) is 13.8 Å². The zero-order valence-electron chi connectivity index (χ0n) is 7.92. The Balaban J connectivity index is 2.89. The van der Waals surface area contributed by atoms with Crippen LogP contribution in [0.4, 0.5) is 0 Å². The van der Waals surface area contributed by atoms with Crippen LogP contribution in [0.5, 0.6) is 0 Å². The predicted molar refractivity (Wildman–Crippen MR) is 49.3 cm³/mol. The summed E-state index contributed by atoms with van der Waals surface area (Å²) in [5, 5.41) is 2.76. The molecule has 0 saturated heterocycles. The Morgan fingerprint density at radius 1 is 1.58 bits per heavy atom. The molecule has 0 atom stereocenters. The van der Waals surface area contributed by atoms with E-state index >= 15 is 0 Å². The molecule has 1 heterocycles. The molecular weight excluding hydrogens is 152 g/mol. The summed E-state index contributed by atoms with van der Waals surface area (Å²) in [4.78, 5) is 11.0. The van der Waals surface area contributed by atoms with Crippen LogP contribution in [-0.4, -0.2) is 9.78 Å². The van der Waals surface area contributed by atoms with Crippen LogP contribution in [0.25, 0.3) is 0 Å². The molecular formula is C9H16N2O. The SMILES string of the molecule is CCn1[nH]c(=O)cc1CC(C)C. The van der Waals surface area contributed by atoms with E-state index in [0.717, 1.165) is 18.7 Å². The van der Waals surface area contributed by atoms with Gasteiger partial charge >= 0.3 is 0 Å². The first-order valence-corrected chi connectivity index (χ1v) is 4.42. The molecule has 1 rings (SSSR count). The second-order valence-electron chi connectivity index (χ2n) is 3.45. The van der Waals surface area contributed by atoms with Crippen molar-refractivity contribution in [2.45, 2.75) is 33.7 Å². The van der Waals surface area contributed by atoms with Crippen molar-refractivity contribution in [2.75, 3.05) is 0 Å². The van der Waals surface area contributed by atoms with Crippen molar-refractivity contribution in [3.05, 3.63) is 22.1 Å². The number of aromatic amines is 1. The summed E-state index contributed by atoms with van der Waals surface area (Å²) >= 11 is 0. The van der Waals surface area contributed by atoms with Crippen LogP contribution < -0.4 is 5.56 Å². The van der Waals surface area contributed by atoms with Crippen LogP contribution in [0.2, 0.25) is 0 Å². The van der Waals surface area contributed by atoms with Crippen LogP contribution >= 0.6 is 0 Å². The fraction of sp³-hybridized carbons (Fsp3) is 0.667. The van der Waals surface area contributed by atoms with Gasteiger partial charge in [-0.15, -0.1) is 0 Å². The lowest BCUT2D eigenvalue weighted by atomic mass is 10.1. The van der Waals surface area contributed by atoms with Crippen molar-refractivity contribution >= 4 is 0 Å². The summed E-state index contributed by atoms with van der Waals surface area (Å²) in [6.45, 7) is 7.17. The minimum absolute atomic E-state index is 0.00694. The fourth-order valence-corrected chi connectivity index (χ4v) is 1.34.